The third kappa shape index (κ3) is 3.40. The van der Waals surface area contributed by atoms with Crippen molar-refractivity contribution in [3.63, 3.8) is 0 Å². The summed E-state index contributed by atoms with van der Waals surface area (Å²) in [6.07, 6.45) is 10.1. The highest BCUT2D eigenvalue weighted by atomic mass is 16.3. The van der Waals surface area contributed by atoms with Gasteiger partial charge in [0.1, 0.15) is 0 Å². The van der Waals surface area contributed by atoms with Crippen LogP contribution in [0.15, 0.2) is 12.7 Å². The number of hydrogen-bond acceptors (Lipinski definition) is 1. The minimum Gasteiger partial charge on any atom is -0.393 e. The Kier molecular flexibility index (Phi) is 4.37. The Morgan fingerprint density at radius 2 is 2.08 bits per heavy atom. The van der Waals surface area contributed by atoms with Crippen LogP contribution in [0.3, 0.4) is 0 Å². The van der Waals surface area contributed by atoms with Crippen molar-refractivity contribution in [1.29, 1.82) is 0 Å². The van der Waals surface area contributed by atoms with E-state index < -0.39 is 0 Å². The van der Waals surface area contributed by atoms with Crippen LogP contribution in [0.2, 0.25) is 0 Å². The zero-order valence-electron chi connectivity index (χ0n) is 7.84. The van der Waals surface area contributed by atoms with Gasteiger partial charge in [0.05, 0.1) is 6.10 Å². The molecule has 1 aliphatic carbocycles. The third-order valence-corrected chi connectivity index (χ3v) is 2.78. The van der Waals surface area contributed by atoms with Gasteiger partial charge in [-0.3, -0.25) is 0 Å². The first-order chi connectivity index (χ1) is 5.83. The number of allylic oxidation sites excluding steroid dienone is 1. The van der Waals surface area contributed by atoms with Gasteiger partial charge in [0.2, 0.25) is 0 Å². The van der Waals surface area contributed by atoms with Crippen molar-refractivity contribution in [2.24, 2.45) is 5.92 Å². The molecule has 0 aliphatic heterocycles. The van der Waals surface area contributed by atoms with Gasteiger partial charge >= 0.3 is 0 Å². The molecule has 1 heteroatoms. The van der Waals surface area contributed by atoms with Gasteiger partial charge in [-0.25, -0.2) is 0 Å². The zero-order chi connectivity index (χ0) is 8.81. The smallest absolute Gasteiger partial charge is 0.0545 e. The van der Waals surface area contributed by atoms with Crippen LogP contribution in [0.4, 0.5) is 0 Å². The van der Waals surface area contributed by atoms with Crippen molar-refractivity contribution in [2.45, 2.75) is 51.0 Å². The molecule has 1 saturated carbocycles. The van der Waals surface area contributed by atoms with E-state index in [2.05, 4.69) is 6.58 Å². The largest absolute Gasteiger partial charge is 0.393 e. The average Bonchev–Trinajstić information content (AvgIpc) is 2.53. The minimum atomic E-state index is -0.0777. The highest BCUT2D eigenvalue weighted by molar-refractivity contribution is 4.74. The van der Waals surface area contributed by atoms with Crippen LogP contribution < -0.4 is 0 Å². The molecule has 0 heterocycles. The molecule has 0 aromatic carbocycles. The molecule has 0 amide bonds. The van der Waals surface area contributed by atoms with E-state index in [9.17, 15) is 5.11 Å². The Hall–Kier alpha value is -0.300. The van der Waals surface area contributed by atoms with Crippen LogP contribution >= 0.6 is 0 Å². The summed E-state index contributed by atoms with van der Waals surface area (Å²) in [6.45, 7) is 3.65. The molecule has 1 N–H and O–H groups in total. The summed E-state index contributed by atoms with van der Waals surface area (Å²) in [5.41, 5.74) is 0. The molecule has 0 spiro atoms. The topological polar surface area (TPSA) is 20.2 Å². The summed E-state index contributed by atoms with van der Waals surface area (Å²) >= 11 is 0. The molecule has 0 aromatic rings. The van der Waals surface area contributed by atoms with Crippen LogP contribution in [-0.4, -0.2) is 11.2 Å². The maximum atomic E-state index is 9.59. The number of rotatable bonds is 5. The van der Waals surface area contributed by atoms with E-state index in [1.165, 1.54) is 25.7 Å². The summed E-state index contributed by atoms with van der Waals surface area (Å²) < 4.78 is 0. The van der Waals surface area contributed by atoms with Gasteiger partial charge in [-0.05, 0) is 25.2 Å². The molecule has 1 aliphatic rings. The van der Waals surface area contributed by atoms with Gasteiger partial charge in [0.15, 0.2) is 0 Å². The maximum Gasteiger partial charge on any atom is 0.0545 e. The van der Waals surface area contributed by atoms with Crippen molar-refractivity contribution in [1.82, 2.24) is 0 Å². The fourth-order valence-electron chi connectivity index (χ4n) is 2.06. The Morgan fingerprint density at radius 3 is 2.67 bits per heavy atom. The molecule has 70 valence electrons. The quantitative estimate of drug-likeness (QED) is 0.626. The van der Waals surface area contributed by atoms with Gasteiger partial charge in [-0.1, -0.05) is 31.8 Å². The first kappa shape index (κ1) is 9.79. The van der Waals surface area contributed by atoms with Crippen molar-refractivity contribution < 1.29 is 5.11 Å². The summed E-state index contributed by atoms with van der Waals surface area (Å²) in [6, 6.07) is 0. The minimum absolute atomic E-state index is 0.0777. The van der Waals surface area contributed by atoms with Gasteiger partial charge < -0.3 is 5.11 Å². The lowest BCUT2D eigenvalue weighted by molar-refractivity contribution is 0.135. The number of aliphatic hydroxyl groups excluding tert-OH is 1. The first-order valence-corrected chi connectivity index (χ1v) is 5.12. The highest BCUT2D eigenvalue weighted by Gasteiger charge is 2.17. The highest BCUT2D eigenvalue weighted by Crippen LogP contribution is 2.29. The standard InChI is InChI=1S/C11H20O/c1-2-3-8-11(12)9-10-6-4-5-7-10/h2,10-12H,1,3-9H2. The fraction of sp³-hybridized carbons (Fsp3) is 0.818. The second kappa shape index (κ2) is 5.36. The Morgan fingerprint density at radius 1 is 1.42 bits per heavy atom. The van der Waals surface area contributed by atoms with E-state index in [0.717, 1.165) is 25.2 Å². The van der Waals surface area contributed by atoms with Crippen LogP contribution in [-0.2, 0) is 0 Å². The molecule has 0 aromatic heterocycles. The summed E-state index contributed by atoms with van der Waals surface area (Å²) in [4.78, 5) is 0. The molecule has 0 radical (unpaired) electrons. The molecular weight excluding hydrogens is 148 g/mol. The second-order valence-electron chi connectivity index (χ2n) is 3.91. The SMILES string of the molecule is C=CCCC(O)CC1CCCC1. The van der Waals surface area contributed by atoms with Gasteiger partial charge in [0, 0.05) is 0 Å². The molecule has 1 fully saturated rings. The van der Waals surface area contributed by atoms with Crippen molar-refractivity contribution >= 4 is 0 Å². The van der Waals surface area contributed by atoms with Crippen molar-refractivity contribution in [3.05, 3.63) is 12.7 Å². The van der Waals surface area contributed by atoms with Crippen molar-refractivity contribution in [3.8, 4) is 0 Å². The lowest BCUT2D eigenvalue weighted by Gasteiger charge is -2.13. The van der Waals surface area contributed by atoms with E-state index in [1.807, 2.05) is 6.08 Å². The van der Waals surface area contributed by atoms with E-state index in [4.69, 9.17) is 0 Å². The molecule has 12 heavy (non-hydrogen) atoms. The van der Waals surface area contributed by atoms with Gasteiger partial charge in [-0.2, -0.15) is 0 Å². The first-order valence-electron chi connectivity index (χ1n) is 5.12. The molecule has 1 unspecified atom stereocenters. The van der Waals surface area contributed by atoms with Crippen LogP contribution in [0.25, 0.3) is 0 Å². The predicted octanol–water partition coefficient (Wildman–Crippen LogP) is 2.89. The monoisotopic (exact) mass is 168 g/mol. The zero-order valence-corrected chi connectivity index (χ0v) is 7.84. The molecule has 0 bridgehead atoms. The summed E-state index contributed by atoms with van der Waals surface area (Å²) in [5, 5.41) is 9.59. The second-order valence-corrected chi connectivity index (χ2v) is 3.91. The summed E-state index contributed by atoms with van der Waals surface area (Å²) in [5.74, 6) is 0.810. The van der Waals surface area contributed by atoms with E-state index in [1.54, 1.807) is 0 Å². The van der Waals surface area contributed by atoms with Gasteiger partial charge in [-0.15, -0.1) is 6.58 Å². The number of aliphatic hydroxyl groups is 1. The fourth-order valence-corrected chi connectivity index (χ4v) is 2.06. The van der Waals surface area contributed by atoms with Crippen LogP contribution in [0, 0.1) is 5.92 Å². The maximum absolute atomic E-state index is 9.59. The predicted molar refractivity (Wildman–Crippen MR) is 52.0 cm³/mol. The molecule has 1 nitrogen and oxygen atoms in total. The normalized spacial score (nSPS) is 21.1. The van der Waals surface area contributed by atoms with Gasteiger partial charge in [0.25, 0.3) is 0 Å². The Labute approximate surface area is 75.5 Å². The molecule has 1 atom stereocenters. The average molecular weight is 168 g/mol. The number of hydrogen-bond donors (Lipinski definition) is 1. The lowest BCUT2D eigenvalue weighted by atomic mass is 9.98. The summed E-state index contributed by atoms with van der Waals surface area (Å²) in [7, 11) is 0. The van der Waals surface area contributed by atoms with E-state index >= 15 is 0 Å². The Bertz CT molecular complexity index is 125. The molecule has 0 saturated heterocycles. The van der Waals surface area contributed by atoms with E-state index in [-0.39, 0.29) is 6.10 Å². The van der Waals surface area contributed by atoms with Crippen LogP contribution in [0.5, 0.6) is 0 Å². The van der Waals surface area contributed by atoms with Crippen molar-refractivity contribution in [2.75, 3.05) is 0 Å². The molecule has 1 rings (SSSR count). The third-order valence-electron chi connectivity index (χ3n) is 2.78. The lowest BCUT2D eigenvalue weighted by Crippen LogP contribution is -2.11. The molecular formula is C11H20O. The van der Waals surface area contributed by atoms with E-state index in [0.29, 0.717) is 0 Å². The Balaban J connectivity index is 2.07. The van der Waals surface area contributed by atoms with Crippen LogP contribution in [0.1, 0.15) is 44.9 Å².